The first-order chi connectivity index (χ1) is 10.7. The van der Waals surface area contributed by atoms with Gasteiger partial charge in [0.2, 0.25) is 11.8 Å². The summed E-state index contributed by atoms with van der Waals surface area (Å²) in [4.78, 5) is 14.2. The van der Waals surface area contributed by atoms with Gasteiger partial charge >= 0.3 is 0 Å². The van der Waals surface area contributed by atoms with E-state index in [1.54, 1.807) is 35.6 Å². The van der Waals surface area contributed by atoms with E-state index in [0.29, 0.717) is 21.6 Å². The Hall–Kier alpha value is -1.50. The number of rotatable bonds is 4. The van der Waals surface area contributed by atoms with Crippen LogP contribution < -0.4 is 10.2 Å². The predicted molar refractivity (Wildman–Crippen MR) is 92.7 cm³/mol. The Morgan fingerprint density at radius 2 is 1.87 bits per heavy atom. The molecule has 2 aromatic rings. The molecule has 1 N–H and O–H groups in total. The molecule has 0 bridgehead atoms. The van der Waals surface area contributed by atoms with Crippen molar-refractivity contribution in [3.05, 3.63) is 38.6 Å². The van der Waals surface area contributed by atoms with Crippen LogP contribution >= 0.6 is 34.8 Å². The molecular formula is C14H16Cl3N5O. The van der Waals surface area contributed by atoms with Crippen molar-refractivity contribution in [2.24, 2.45) is 7.05 Å². The number of anilines is 1. The summed E-state index contributed by atoms with van der Waals surface area (Å²) in [6.45, 7) is 1.80. The Bertz CT molecular complexity index is 744. The SMILES string of the molecule is CC(NC(=O)c1nnc(N(C)C)n1C)c1ccc(Cl)c(Cl)c1Cl. The second-order valence-electron chi connectivity index (χ2n) is 5.24. The second kappa shape index (κ2) is 6.95. The quantitative estimate of drug-likeness (QED) is 0.831. The van der Waals surface area contributed by atoms with Gasteiger partial charge in [-0.05, 0) is 18.6 Å². The van der Waals surface area contributed by atoms with Gasteiger partial charge in [-0.1, -0.05) is 40.9 Å². The van der Waals surface area contributed by atoms with E-state index in [4.69, 9.17) is 34.8 Å². The number of hydrogen-bond donors (Lipinski definition) is 1. The third-order valence-corrected chi connectivity index (χ3v) is 4.64. The van der Waals surface area contributed by atoms with Crippen LogP contribution in [-0.2, 0) is 7.05 Å². The van der Waals surface area contributed by atoms with E-state index in [9.17, 15) is 4.79 Å². The molecule has 124 valence electrons. The number of aromatic nitrogens is 3. The van der Waals surface area contributed by atoms with Crippen LogP contribution in [-0.4, -0.2) is 34.8 Å². The van der Waals surface area contributed by atoms with Gasteiger partial charge < -0.3 is 10.2 Å². The molecule has 0 aliphatic carbocycles. The monoisotopic (exact) mass is 375 g/mol. The van der Waals surface area contributed by atoms with Crippen LogP contribution in [0.3, 0.4) is 0 Å². The van der Waals surface area contributed by atoms with Crippen molar-refractivity contribution >= 4 is 46.7 Å². The summed E-state index contributed by atoms with van der Waals surface area (Å²) in [5.41, 5.74) is 0.671. The minimum atomic E-state index is -0.371. The first-order valence-electron chi connectivity index (χ1n) is 6.75. The molecule has 0 saturated carbocycles. The predicted octanol–water partition coefficient (Wildman–Crippen LogP) is 3.33. The molecular weight excluding hydrogens is 361 g/mol. The molecule has 0 aliphatic heterocycles. The third-order valence-electron chi connectivity index (χ3n) is 3.33. The Balaban J connectivity index is 2.22. The van der Waals surface area contributed by atoms with Gasteiger partial charge in [-0.3, -0.25) is 9.36 Å². The molecule has 23 heavy (non-hydrogen) atoms. The molecule has 0 saturated heterocycles. The maximum Gasteiger partial charge on any atom is 0.289 e. The van der Waals surface area contributed by atoms with Gasteiger partial charge in [-0.2, -0.15) is 0 Å². The summed E-state index contributed by atoms with van der Waals surface area (Å²) in [6, 6.07) is 2.99. The maximum atomic E-state index is 12.4. The normalized spacial score (nSPS) is 12.1. The van der Waals surface area contributed by atoms with Gasteiger partial charge in [0.1, 0.15) is 0 Å². The van der Waals surface area contributed by atoms with Crippen molar-refractivity contribution in [1.29, 1.82) is 0 Å². The van der Waals surface area contributed by atoms with Gasteiger partial charge in [-0.25, -0.2) is 0 Å². The van der Waals surface area contributed by atoms with Gasteiger partial charge in [0.15, 0.2) is 0 Å². The molecule has 1 aromatic heterocycles. The zero-order chi connectivity index (χ0) is 17.3. The fraction of sp³-hybridized carbons (Fsp3) is 0.357. The van der Waals surface area contributed by atoms with Gasteiger partial charge in [-0.15, -0.1) is 10.2 Å². The smallest absolute Gasteiger partial charge is 0.289 e. The van der Waals surface area contributed by atoms with Gasteiger partial charge in [0, 0.05) is 21.1 Å². The number of nitrogens with one attached hydrogen (secondary N) is 1. The molecule has 6 nitrogen and oxygen atoms in total. The number of benzene rings is 1. The van der Waals surface area contributed by atoms with Crippen molar-refractivity contribution in [3.63, 3.8) is 0 Å². The van der Waals surface area contributed by atoms with Gasteiger partial charge in [0.25, 0.3) is 5.91 Å². The summed E-state index contributed by atoms with van der Waals surface area (Å²) >= 11 is 18.1. The molecule has 2 rings (SSSR count). The lowest BCUT2D eigenvalue weighted by Gasteiger charge is -2.17. The Kier molecular flexibility index (Phi) is 5.39. The summed E-state index contributed by atoms with van der Waals surface area (Å²) in [6.07, 6.45) is 0. The molecule has 1 amide bonds. The Morgan fingerprint density at radius 3 is 2.43 bits per heavy atom. The van der Waals surface area contributed by atoms with E-state index in [2.05, 4.69) is 15.5 Å². The first kappa shape index (κ1) is 17.8. The molecule has 0 radical (unpaired) electrons. The minimum Gasteiger partial charge on any atom is -0.347 e. The largest absolute Gasteiger partial charge is 0.347 e. The molecule has 0 fully saturated rings. The van der Waals surface area contributed by atoms with Gasteiger partial charge in [0.05, 0.1) is 21.1 Å². The van der Waals surface area contributed by atoms with Crippen molar-refractivity contribution in [2.75, 3.05) is 19.0 Å². The third kappa shape index (κ3) is 3.54. The molecule has 0 aliphatic rings. The van der Waals surface area contributed by atoms with Crippen LogP contribution in [0.25, 0.3) is 0 Å². The zero-order valence-corrected chi connectivity index (χ0v) is 15.3. The zero-order valence-electron chi connectivity index (χ0n) is 13.1. The average Bonchev–Trinajstić information content (AvgIpc) is 2.86. The van der Waals surface area contributed by atoms with E-state index >= 15 is 0 Å². The van der Waals surface area contributed by atoms with E-state index < -0.39 is 0 Å². The van der Waals surface area contributed by atoms with Crippen molar-refractivity contribution in [3.8, 4) is 0 Å². The fourth-order valence-electron chi connectivity index (χ4n) is 2.12. The molecule has 1 atom stereocenters. The second-order valence-corrected chi connectivity index (χ2v) is 6.40. The topological polar surface area (TPSA) is 63.1 Å². The number of amides is 1. The summed E-state index contributed by atoms with van der Waals surface area (Å²) in [5.74, 6) is 0.426. The number of hydrogen-bond acceptors (Lipinski definition) is 4. The number of carbonyl (C=O) groups is 1. The lowest BCUT2D eigenvalue weighted by atomic mass is 10.1. The van der Waals surface area contributed by atoms with Crippen LogP contribution in [0, 0.1) is 0 Å². The fourth-order valence-corrected chi connectivity index (χ4v) is 2.83. The van der Waals surface area contributed by atoms with Crippen molar-refractivity contribution in [1.82, 2.24) is 20.1 Å². The maximum absolute atomic E-state index is 12.4. The highest BCUT2D eigenvalue weighted by atomic mass is 35.5. The minimum absolute atomic E-state index is 0.205. The molecule has 1 heterocycles. The highest BCUT2D eigenvalue weighted by Crippen LogP contribution is 2.35. The van der Waals surface area contributed by atoms with E-state index in [1.165, 1.54) is 0 Å². The molecule has 1 unspecified atom stereocenters. The van der Waals surface area contributed by atoms with E-state index in [-0.39, 0.29) is 22.8 Å². The van der Waals surface area contributed by atoms with Crippen LogP contribution in [0.4, 0.5) is 5.95 Å². The van der Waals surface area contributed by atoms with Crippen molar-refractivity contribution < 1.29 is 4.79 Å². The highest BCUT2D eigenvalue weighted by Gasteiger charge is 2.21. The molecule has 0 spiro atoms. The first-order valence-corrected chi connectivity index (χ1v) is 7.88. The van der Waals surface area contributed by atoms with E-state index in [1.807, 2.05) is 14.1 Å². The van der Waals surface area contributed by atoms with E-state index in [0.717, 1.165) is 0 Å². The van der Waals surface area contributed by atoms with Crippen LogP contribution in [0.5, 0.6) is 0 Å². The lowest BCUT2D eigenvalue weighted by molar-refractivity contribution is 0.0926. The lowest BCUT2D eigenvalue weighted by Crippen LogP contribution is -2.29. The summed E-state index contributed by atoms with van der Waals surface area (Å²) in [5, 5.41) is 11.7. The number of halogens is 3. The number of carbonyl (C=O) groups excluding carboxylic acids is 1. The number of nitrogens with zero attached hydrogens (tertiary/aromatic N) is 4. The average molecular weight is 377 g/mol. The summed E-state index contributed by atoms with van der Waals surface area (Å²) < 4.78 is 1.61. The highest BCUT2D eigenvalue weighted by molar-refractivity contribution is 6.48. The van der Waals surface area contributed by atoms with Crippen LogP contribution in [0.2, 0.25) is 15.1 Å². The van der Waals surface area contributed by atoms with Crippen molar-refractivity contribution in [2.45, 2.75) is 13.0 Å². The van der Waals surface area contributed by atoms with Crippen LogP contribution in [0.15, 0.2) is 12.1 Å². The molecule has 9 heteroatoms. The van der Waals surface area contributed by atoms with Crippen LogP contribution in [0.1, 0.15) is 29.1 Å². The Morgan fingerprint density at radius 1 is 1.22 bits per heavy atom. The standard InChI is InChI=1S/C14H16Cl3N5O/c1-7(8-5-6-9(15)11(17)10(8)16)18-13(23)12-19-20-14(21(2)3)22(12)4/h5-7H,1-4H3,(H,18,23). The summed E-state index contributed by atoms with van der Waals surface area (Å²) in [7, 11) is 5.37. The Labute approximate surface area is 149 Å². The molecule has 1 aromatic carbocycles.